The molecule has 8 heteroatoms. The van der Waals surface area contributed by atoms with E-state index in [9.17, 15) is 8.78 Å². The molecule has 24 heavy (non-hydrogen) atoms. The Kier molecular flexibility index (Phi) is 4.24. The zero-order chi connectivity index (χ0) is 16.5. The zero-order valence-corrected chi connectivity index (χ0v) is 13.1. The second-order valence-electron chi connectivity index (χ2n) is 6.27. The summed E-state index contributed by atoms with van der Waals surface area (Å²) in [4.78, 5) is 6.74. The first-order valence-corrected chi connectivity index (χ1v) is 8.10. The normalized spacial score (nSPS) is 26.2. The van der Waals surface area contributed by atoms with E-state index in [2.05, 4.69) is 20.1 Å². The van der Waals surface area contributed by atoms with Gasteiger partial charge in [0.2, 0.25) is 5.89 Å². The Morgan fingerprint density at radius 1 is 1.25 bits per heavy atom. The lowest BCUT2D eigenvalue weighted by molar-refractivity contribution is -0.0773. The number of fused-ring (bicyclic) bond motifs is 3. The molecule has 0 radical (unpaired) electrons. The van der Waals surface area contributed by atoms with Crippen LogP contribution in [-0.4, -0.2) is 45.8 Å². The minimum absolute atomic E-state index is 0.0441. The maximum atomic E-state index is 12.5. The number of nitrogens with zero attached hydrogens (tertiary/aromatic N) is 4. The van der Waals surface area contributed by atoms with Crippen LogP contribution in [0, 0.1) is 5.92 Å². The van der Waals surface area contributed by atoms with E-state index >= 15 is 0 Å². The standard InChI is InChI=1S/C16H18F2N4O2/c17-14(18)16-21-20-15(24-16)11-1-2-12(19-7-11)9-23-13-8-22-5-3-10(13)4-6-22/h1-2,7,10,13-14H,3-6,8-9H2/t13-/m0/s1. The van der Waals surface area contributed by atoms with E-state index in [0.29, 0.717) is 18.1 Å². The van der Waals surface area contributed by atoms with E-state index in [1.807, 2.05) is 0 Å². The fourth-order valence-electron chi connectivity index (χ4n) is 3.37. The highest BCUT2D eigenvalue weighted by Crippen LogP contribution is 2.30. The predicted molar refractivity (Wildman–Crippen MR) is 80.2 cm³/mol. The van der Waals surface area contributed by atoms with Crippen molar-refractivity contribution in [2.45, 2.75) is 32.0 Å². The van der Waals surface area contributed by atoms with Crippen molar-refractivity contribution in [2.75, 3.05) is 19.6 Å². The summed E-state index contributed by atoms with van der Waals surface area (Å²) >= 11 is 0. The summed E-state index contributed by atoms with van der Waals surface area (Å²) in [5.74, 6) is 0.0165. The molecule has 2 aromatic rings. The molecule has 3 saturated heterocycles. The Morgan fingerprint density at radius 3 is 2.67 bits per heavy atom. The van der Waals surface area contributed by atoms with Gasteiger partial charge in [0.1, 0.15) is 0 Å². The molecule has 0 saturated carbocycles. The number of pyridine rings is 1. The molecular formula is C16H18F2N4O2. The molecular weight excluding hydrogens is 318 g/mol. The van der Waals surface area contributed by atoms with Crippen molar-refractivity contribution in [1.29, 1.82) is 0 Å². The van der Waals surface area contributed by atoms with Gasteiger partial charge in [0.25, 0.3) is 5.89 Å². The molecule has 5 rings (SSSR count). The molecule has 0 aliphatic carbocycles. The van der Waals surface area contributed by atoms with Crippen LogP contribution >= 0.6 is 0 Å². The van der Waals surface area contributed by atoms with Gasteiger partial charge in [-0.1, -0.05) is 0 Å². The van der Waals surface area contributed by atoms with Crippen molar-refractivity contribution in [3.05, 3.63) is 29.9 Å². The second kappa shape index (κ2) is 6.52. The van der Waals surface area contributed by atoms with Crippen molar-refractivity contribution in [1.82, 2.24) is 20.1 Å². The summed E-state index contributed by atoms with van der Waals surface area (Å²) < 4.78 is 35.9. The average molecular weight is 336 g/mol. The summed E-state index contributed by atoms with van der Waals surface area (Å²) in [7, 11) is 0. The smallest absolute Gasteiger partial charge is 0.314 e. The van der Waals surface area contributed by atoms with Crippen molar-refractivity contribution in [3.63, 3.8) is 0 Å². The van der Waals surface area contributed by atoms with E-state index in [0.717, 1.165) is 12.2 Å². The van der Waals surface area contributed by atoms with Gasteiger partial charge in [0, 0.05) is 12.7 Å². The number of hydrogen-bond acceptors (Lipinski definition) is 6. The highest BCUT2D eigenvalue weighted by molar-refractivity contribution is 5.50. The number of rotatable bonds is 5. The third-order valence-corrected chi connectivity index (χ3v) is 4.74. The quantitative estimate of drug-likeness (QED) is 0.836. The number of piperidine rings is 3. The van der Waals surface area contributed by atoms with Crippen LogP contribution in [0.5, 0.6) is 0 Å². The predicted octanol–water partition coefficient (Wildman–Crippen LogP) is 2.68. The fourth-order valence-corrected chi connectivity index (χ4v) is 3.37. The van der Waals surface area contributed by atoms with Crippen molar-refractivity contribution < 1.29 is 17.9 Å². The summed E-state index contributed by atoms with van der Waals surface area (Å²) in [5, 5.41) is 6.92. The molecule has 3 aliphatic heterocycles. The Balaban J connectivity index is 1.37. The van der Waals surface area contributed by atoms with Crippen LogP contribution in [-0.2, 0) is 11.3 Å². The maximum Gasteiger partial charge on any atom is 0.314 e. The second-order valence-corrected chi connectivity index (χ2v) is 6.27. The topological polar surface area (TPSA) is 64.3 Å². The molecule has 3 fully saturated rings. The first-order chi connectivity index (χ1) is 11.7. The van der Waals surface area contributed by atoms with E-state index in [1.165, 1.54) is 32.1 Å². The van der Waals surface area contributed by atoms with Gasteiger partial charge >= 0.3 is 6.43 Å². The summed E-state index contributed by atoms with van der Waals surface area (Å²) in [5.41, 5.74) is 1.31. The first kappa shape index (κ1) is 15.6. The molecule has 0 amide bonds. The van der Waals surface area contributed by atoms with Gasteiger partial charge in [-0.2, -0.15) is 8.78 Å². The van der Waals surface area contributed by atoms with E-state index in [4.69, 9.17) is 9.15 Å². The molecule has 5 heterocycles. The molecule has 3 aliphatic rings. The maximum absolute atomic E-state index is 12.5. The third-order valence-electron chi connectivity index (χ3n) is 4.74. The van der Waals surface area contributed by atoms with Gasteiger partial charge in [-0.3, -0.25) is 4.98 Å². The molecule has 128 valence electrons. The Bertz CT molecular complexity index is 684. The lowest BCUT2D eigenvalue weighted by atomic mass is 9.86. The number of aromatic nitrogens is 3. The Labute approximate surface area is 137 Å². The van der Waals surface area contributed by atoms with Crippen molar-refractivity contribution in [2.24, 2.45) is 5.92 Å². The van der Waals surface area contributed by atoms with Crippen LogP contribution < -0.4 is 0 Å². The largest absolute Gasteiger partial charge is 0.415 e. The third kappa shape index (κ3) is 3.16. The number of ether oxygens (including phenoxy) is 1. The summed E-state index contributed by atoms with van der Waals surface area (Å²) in [6.45, 7) is 3.81. The number of halogens is 2. The Hall–Kier alpha value is -1.93. The molecule has 6 nitrogen and oxygen atoms in total. The SMILES string of the molecule is FC(F)c1nnc(-c2ccc(CO[C@H]3CN4CCC3CC4)nc2)o1. The average Bonchev–Trinajstić information content (AvgIpc) is 3.12. The van der Waals surface area contributed by atoms with Gasteiger partial charge < -0.3 is 14.1 Å². The van der Waals surface area contributed by atoms with E-state index in [-0.39, 0.29) is 12.0 Å². The highest BCUT2D eigenvalue weighted by Gasteiger charge is 2.34. The van der Waals surface area contributed by atoms with Gasteiger partial charge in [0.15, 0.2) is 0 Å². The molecule has 2 bridgehead atoms. The van der Waals surface area contributed by atoms with Gasteiger partial charge in [-0.15, -0.1) is 10.2 Å². The highest BCUT2D eigenvalue weighted by atomic mass is 19.3. The zero-order valence-electron chi connectivity index (χ0n) is 13.1. The fraction of sp³-hybridized carbons (Fsp3) is 0.562. The molecule has 0 N–H and O–H groups in total. The van der Waals surface area contributed by atoms with Crippen LogP contribution in [0.3, 0.4) is 0 Å². The van der Waals surface area contributed by atoms with E-state index in [1.54, 1.807) is 12.1 Å². The minimum atomic E-state index is -2.77. The van der Waals surface area contributed by atoms with Gasteiger partial charge in [-0.05, 0) is 44.0 Å². The van der Waals surface area contributed by atoms with Crippen LogP contribution in [0.25, 0.3) is 11.5 Å². The van der Waals surface area contributed by atoms with E-state index < -0.39 is 12.3 Å². The summed E-state index contributed by atoms with van der Waals surface area (Å²) in [6, 6.07) is 3.52. The van der Waals surface area contributed by atoms with Crippen LogP contribution in [0.1, 0.15) is 30.9 Å². The summed E-state index contributed by atoms with van der Waals surface area (Å²) in [6.07, 6.45) is 1.46. The van der Waals surface area contributed by atoms with Crippen LogP contribution in [0.4, 0.5) is 8.78 Å². The van der Waals surface area contributed by atoms with Crippen molar-refractivity contribution >= 4 is 0 Å². The van der Waals surface area contributed by atoms with Crippen molar-refractivity contribution in [3.8, 4) is 11.5 Å². The molecule has 0 unspecified atom stereocenters. The van der Waals surface area contributed by atoms with Crippen LogP contribution in [0.15, 0.2) is 22.7 Å². The van der Waals surface area contributed by atoms with Crippen LogP contribution in [0.2, 0.25) is 0 Å². The minimum Gasteiger partial charge on any atom is -0.415 e. The lowest BCUT2D eigenvalue weighted by Gasteiger charge is -2.44. The number of hydrogen-bond donors (Lipinski definition) is 0. The van der Waals surface area contributed by atoms with Gasteiger partial charge in [0.05, 0.1) is 24.0 Å². The Morgan fingerprint density at radius 2 is 2.08 bits per heavy atom. The number of alkyl halides is 2. The molecule has 1 atom stereocenters. The monoisotopic (exact) mass is 336 g/mol. The first-order valence-electron chi connectivity index (χ1n) is 8.10. The molecule has 0 aromatic carbocycles. The van der Waals surface area contributed by atoms with Gasteiger partial charge in [-0.25, -0.2) is 0 Å². The molecule has 0 spiro atoms. The lowest BCUT2D eigenvalue weighted by Crippen LogP contribution is -2.51. The molecule has 2 aromatic heterocycles.